The van der Waals surface area contributed by atoms with Gasteiger partial charge in [-0.2, -0.15) is 0 Å². The first kappa shape index (κ1) is 35.6. The molecule has 2 N–H and O–H groups in total. The van der Waals surface area contributed by atoms with Gasteiger partial charge in [-0.05, 0) is 59.2 Å². The standard InChI is InChI=1S/C57H39N5O/c1-3-16-36(17-4-1)40-20-7-8-24-47(40)56-58-55(59-57(60-56)48-26-15-25-46-43-23-11-14-29-51(43)63-54(46)48)37-30-32-39(33-31-37)62-50-28-13-10-22-42(50)45-35-34-44-41-21-9-12-27-49(41)61(52(44)53(45)62)38-18-5-2-6-19-38/h1-35,55,57,59H,(H,58,60). The zero-order valence-corrected chi connectivity index (χ0v) is 34.1. The van der Waals surface area contributed by atoms with Crippen LogP contribution in [-0.2, 0) is 0 Å². The third kappa shape index (κ3) is 5.59. The van der Waals surface area contributed by atoms with Gasteiger partial charge in [0.2, 0.25) is 0 Å². The molecule has 1 aliphatic heterocycles. The van der Waals surface area contributed by atoms with E-state index in [0.29, 0.717) is 0 Å². The predicted molar refractivity (Wildman–Crippen MR) is 259 cm³/mol. The lowest BCUT2D eigenvalue weighted by Crippen LogP contribution is -2.45. The Morgan fingerprint density at radius 1 is 0.429 bits per heavy atom. The highest BCUT2D eigenvalue weighted by atomic mass is 16.3. The SMILES string of the molecule is c1ccc(-c2ccccc2C2=NC(c3ccc(-n4c5ccccc5c5ccc6c7ccccc7n(-c7ccccc7)c6c54)cc3)NC(c3cccc4c3oc3ccccc34)N2)cc1. The number of aromatic nitrogens is 2. The minimum Gasteiger partial charge on any atom is -0.456 e. The van der Waals surface area contributed by atoms with Crippen LogP contribution in [0.15, 0.2) is 222 Å². The highest BCUT2D eigenvalue weighted by molar-refractivity contribution is 6.23. The minimum atomic E-state index is -0.366. The molecule has 0 amide bonds. The van der Waals surface area contributed by atoms with Crippen LogP contribution in [0.25, 0.3) is 88.1 Å². The average Bonchev–Trinajstić information content (AvgIpc) is 4.02. The molecule has 3 aromatic heterocycles. The lowest BCUT2D eigenvalue weighted by atomic mass is 9.97. The number of hydrogen-bond donors (Lipinski definition) is 2. The van der Waals surface area contributed by atoms with E-state index in [1.807, 2.05) is 12.1 Å². The fraction of sp³-hybridized carbons (Fsp3) is 0.0351. The van der Waals surface area contributed by atoms with Crippen LogP contribution < -0.4 is 10.6 Å². The number of furan rings is 1. The van der Waals surface area contributed by atoms with Crippen molar-refractivity contribution >= 4 is 71.4 Å². The number of hydrogen-bond acceptors (Lipinski definition) is 4. The Labute approximate surface area is 363 Å². The zero-order chi connectivity index (χ0) is 41.4. The molecule has 1 aliphatic rings. The molecule has 4 heterocycles. The molecule has 6 nitrogen and oxygen atoms in total. The lowest BCUT2D eigenvalue weighted by Gasteiger charge is -2.32. The fourth-order valence-electron chi connectivity index (χ4n) is 10.0. The van der Waals surface area contributed by atoms with Crippen molar-refractivity contribution in [2.24, 2.45) is 4.99 Å². The Morgan fingerprint density at radius 2 is 0.984 bits per heavy atom. The van der Waals surface area contributed by atoms with Crippen molar-refractivity contribution in [1.82, 2.24) is 19.8 Å². The van der Waals surface area contributed by atoms with Crippen LogP contribution in [0.4, 0.5) is 0 Å². The van der Waals surface area contributed by atoms with E-state index in [1.54, 1.807) is 0 Å². The molecule has 2 atom stereocenters. The van der Waals surface area contributed by atoms with Gasteiger partial charge in [-0.1, -0.05) is 170 Å². The average molecular weight is 810 g/mol. The van der Waals surface area contributed by atoms with Gasteiger partial charge in [0.1, 0.15) is 29.3 Å². The molecule has 12 aromatic rings. The minimum absolute atomic E-state index is 0.305. The molecule has 0 saturated heterocycles. The van der Waals surface area contributed by atoms with E-state index in [0.717, 1.165) is 72.5 Å². The molecule has 13 rings (SSSR count). The first-order valence-electron chi connectivity index (χ1n) is 21.5. The zero-order valence-electron chi connectivity index (χ0n) is 34.1. The van der Waals surface area contributed by atoms with Crippen molar-refractivity contribution in [2.75, 3.05) is 0 Å². The molecule has 6 heteroatoms. The number of amidine groups is 1. The third-order valence-electron chi connectivity index (χ3n) is 12.8. The Kier molecular flexibility index (Phi) is 8.01. The molecular formula is C57H39N5O. The molecule has 0 saturated carbocycles. The molecule has 0 bridgehead atoms. The Bertz CT molecular complexity index is 3750. The number of aliphatic imine (C=N–C) groups is 1. The molecule has 2 unspecified atom stereocenters. The van der Waals surface area contributed by atoms with Gasteiger partial charge in [0.05, 0.1) is 22.1 Å². The van der Waals surface area contributed by atoms with Gasteiger partial charge < -0.3 is 18.9 Å². The normalized spacial score (nSPS) is 15.5. The summed E-state index contributed by atoms with van der Waals surface area (Å²) >= 11 is 0. The first-order chi connectivity index (χ1) is 31.3. The van der Waals surface area contributed by atoms with Crippen molar-refractivity contribution < 1.29 is 4.42 Å². The number of rotatable bonds is 6. The van der Waals surface area contributed by atoms with E-state index in [2.05, 4.69) is 220 Å². The number of benzene rings is 9. The predicted octanol–water partition coefficient (Wildman–Crippen LogP) is 13.8. The van der Waals surface area contributed by atoms with Gasteiger partial charge >= 0.3 is 0 Å². The molecule has 9 aromatic carbocycles. The summed E-state index contributed by atoms with van der Waals surface area (Å²) in [7, 11) is 0. The van der Waals surface area contributed by atoms with Gasteiger partial charge in [0.25, 0.3) is 0 Å². The van der Waals surface area contributed by atoms with E-state index in [4.69, 9.17) is 9.41 Å². The summed E-state index contributed by atoms with van der Waals surface area (Å²) in [5.74, 6) is 0.818. The summed E-state index contributed by atoms with van der Waals surface area (Å²) < 4.78 is 11.5. The maximum absolute atomic E-state index is 6.60. The van der Waals surface area contributed by atoms with Crippen LogP contribution in [0.1, 0.15) is 29.0 Å². The Hall–Kier alpha value is -8.19. The number of nitrogens with zero attached hydrogens (tertiary/aromatic N) is 3. The summed E-state index contributed by atoms with van der Waals surface area (Å²) in [6.45, 7) is 0. The second-order valence-electron chi connectivity index (χ2n) is 16.3. The van der Waals surface area contributed by atoms with Crippen LogP contribution >= 0.6 is 0 Å². The lowest BCUT2D eigenvalue weighted by molar-refractivity contribution is 0.408. The Balaban J connectivity index is 0.988. The van der Waals surface area contributed by atoms with Gasteiger partial charge in [0.15, 0.2) is 0 Å². The van der Waals surface area contributed by atoms with Crippen molar-refractivity contribution in [3.63, 3.8) is 0 Å². The smallest absolute Gasteiger partial charge is 0.142 e. The van der Waals surface area contributed by atoms with Crippen molar-refractivity contribution in [2.45, 2.75) is 12.3 Å². The van der Waals surface area contributed by atoms with E-state index >= 15 is 0 Å². The highest BCUT2D eigenvalue weighted by Gasteiger charge is 2.29. The molecule has 0 fully saturated rings. The van der Waals surface area contributed by atoms with Gasteiger partial charge in [-0.25, -0.2) is 4.99 Å². The summed E-state index contributed by atoms with van der Waals surface area (Å²) in [5, 5.41) is 14.8. The van der Waals surface area contributed by atoms with Crippen LogP contribution in [-0.4, -0.2) is 15.0 Å². The van der Waals surface area contributed by atoms with Crippen LogP contribution in [0, 0.1) is 0 Å². The molecule has 0 spiro atoms. The van der Waals surface area contributed by atoms with E-state index in [1.165, 1.54) is 38.1 Å². The second kappa shape index (κ2) is 14.2. The van der Waals surface area contributed by atoms with Crippen molar-refractivity contribution in [3.8, 4) is 22.5 Å². The Morgan fingerprint density at radius 3 is 1.68 bits per heavy atom. The fourth-order valence-corrected chi connectivity index (χ4v) is 10.0. The van der Waals surface area contributed by atoms with Crippen molar-refractivity contribution in [3.05, 3.63) is 229 Å². The second-order valence-corrected chi connectivity index (χ2v) is 16.3. The van der Waals surface area contributed by atoms with Crippen LogP contribution in [0.5, 0.6) is 0 Å². The molecule has 63 heavy (non-hydrogen) atoms. The first-order valence-corrected chi connectivity index (χ1v) is 21.5. The monoisotopic (exact) mass is 809 g/mol. The molecule has 0 aliphatic carbocycles. The van der Waals surface area contributed by atoms with E-state index < -0.39 is 0 Å². The van der Waals surface area contributed by atoms with Crippen LogP contribution in [0.2, 0.25) is 0 Å². The topological polar surface area (TPSA) is 59.4 Å². The van der Waals surface area contributed by atoms with Crippen LogP contribution in [0.3, 0.4) is 0 Å². The summed E-state index contributed by atoms with van der Waals surface area (Å²) in [5.41, 5.74) is 14.0. The largest absolute Gasteiger partial charge is 0.456 e. The van der Waals surface area contributed by atoms with Gasteiger partial charge in [0, 0.05) is 54.8 Å². The number of para-hydroxylation sites is 5. The number of fused-ring (bicyclic) bond motifs is 10. The van der Waals surface area contributed by atoms with E-state index in [9.17, 15) is 0 Å². The van der Waals surface area contributed by atoms with Gasteiger partial charge in [-0.15, -0.1) is 0 Å². The quantitative estimate of drug-likeness (QED) is 0.176. The third-order valence-corrected chi connectivity index (χ3v) is 12.8. The molecular weight excluding hydrogens is 771 g/mol. The maximum atomic E-state index is 6.60. The summed E-state index contributed by atoms with van der Waals surface area (Å²) in [6.07, 6.45) is -0.671. The summed E-state index contributed by atoms with van der Waals surface area (Å²) in [4.78, 5) is 5.46. The van der Waals surface area contributed by atoms with E-state index in [-0.39, 0.29) is 12.3 Å². The molecule has 298 valence electrons. The maximum Gasteiger partial charge on any atom is 0.142 e. The summed E-state index contributed by atoms with van der Waals surface area (Å²) in [6, 6.07) is 75.6. The molecule has 0 radical (unpaired) electrons. The highest BCUT2D eigenvalue weighted by Crippen LogP contribution is 2.42. The van der Waals surface area contributed by atoms with Crippen molar-refractivity contribution in [1.29, 1.82) is 0 Å². The van der Waals surface area contributed by atoms with Gasteiger partial charge in [-0.3, -0.25) is 5.32 Å². The number of nitrogens with one attached hydrogen (secondary N) is 2.